The number of benzene rings is 1. The van der Waals surface area contributed by atoms with Crippen molar-refractivity contribution < 1.29 is 4.74 Å². The minimum atomic E-state index is 0. The van der Waals surface area contributed by atoms with Crippen molar-refractivity contribution in [1.82, 2.24) is 5.32 Å². The maximum atomic E-state index is 5.59. The van der Waals surface area contributed by atoms with Crippen molar-refractivity contribution in [3.63, 3.8) is 0 Å². The van der Waals surface area contributed by atoms with E-state index in [1.165, 1.54) is 33.4 Å². The third-order valence-corrected chi connectivity index (χ3v) is 4.33. The first-order valence-corrected chi connectivity index (χ1v) is 6.42. The molecule has 1 heterocycles. The van der Waals surface area contributed by atoms with Gasteiger partial charge in [0.1, 0.15) is 0 Å². The Balaban J connectivity index is 0.00000162. The van der Waals surface area contributed by atoms with Gasteiger partial charge in [-0.1, -0.05) is 0 Å². The number of morpholine rings is 1. The molecule has 1 atom stereocenters. The molecule has 1 aliphatic heterocycles. The molecule has 102 valence electrons. The fraction of sp³-hybridized carbons (Fsp3) is 0.600. The van der Waals surface area contributed by atoms with E-state index in [2.05, 4.69) is 39.9 Å². The number of rotatable bonds is 1. The summed E-state index contributed by atoms with van der Waals surface area (Å²) in [6.07, 6.45) is 0. The molecule has 3 heteroatoms. The van der Waals surface area contributed by atoms with E-state index in [9.17, 15) is 0 Å². The van der Waals surface area contributed by atoms with E-state index in [1.54, 1.807) is 0 Å². The van der Waals surface area contributed by atoms with Crippen molar-refractivity contribution >= 4 is 12.4 Å². The first kappa shape index (κ1) is 15.5. The zero-order chi connectivity index (χ0) is 12.6. The summed E-state index contributed by atoms with van der Waals surface area (Å²) in [7, 11) is 0. The minimum Gasteiger partial charge on any atom is -0.378 e. The van der Waals surface area contributed by atoms with E-state index in [0.29, 0.717) is 6.04 Å². The van der Waals surface area contributed by atoms with Gasteiger partial charge in [-0.15, -0.1) is 12.4 Å². The highest BCUT2D eigenvalue weighted by Crippen LogP contribution is 2.31. The van der Waals surface area contributed by atoms with Gasteiger partial charge in [-0.2, -0.15) is 0 Å². The second-order valence-corrected chi connectivity index (χ2v) is 5.12. The topological polar surface area (TPSA) is 21.3 Å². The summed E-state index contributed by atoms with van der Waals surface area (Å²) in [6, 6.07) is 0.363. The van der Waals surface area contributed by atoms with E-state index >= 15 is 0 Å². The Kier molecular flexibility index (Phi) is 5.20. The molecule has 0 radical (unpaired) electrons. The molecular weight excluding hydrogens is 246 g/mol. The van der Waals surface area contributed by atoms with E-state index in [-0.39, 0.29) is 12.4 Å². The zero-order valence-corrected chi connectivity index (χ0v) is 12.8. The standard InChI is InChI=1S/C15H23NO.ClH/c1-9-10(2)12(4)15(13(5)11(9)3)14-8-17-7-6-16-14;/h14,16H,6-8H2,1-5H3;1H/t14-;/m1./s1. The van der Waals surface area contributed by atoms with Crippen LogP contribution >= 0.6 is 12.4 Å². The van der Waals surface area contributed by atoms with Gasteiger partial charge >= 0.3 is 0 Å². The van der Waals surface area contributed by atoms with Gasteiger partial charge in [-0.3, -0.25) is 0 Å². The predicted octanol–water partition coefficient (Wildman–Crippen LogP) is 3.31. The molecule has 0 spiro atoms. The molecule has 18 heavy (non-hydrogen) atoms. The van der Waals surface area contributed by atoms with Crippen LogP contribution in [-0.4, -0.2) is 19.8 Å². The van der Waals surface area contributed by atoms with Crippen LogP contribution in [0, 0.1) is 34.6 Å². The molecule has 1 fully saturated rings. The molecule has 0 unspecified atom stereocenters. The van der Waals surface area contributed by atoms with Crippen LogP contribution in [-0.2, 0) is 4.74 Å². The van der Waals surface area contributed by atoms with Crippen LogP contribution in [0.5, 0.6) is 0 Å². The van der Waals surface area contributed by atoms with Crippen molar-refractivity contribution in [3.05, 3.63) is 33.4 Å². The molecule has 2 nitrogen and oxygen atoms in total. The molecule has 0 saturated carbocycles. The fourth-order valence-electron chi connectivity index (χ4n) is 2.80. The average molecular weight is 270 g/mol. The lowest BCUT2D eigenvalue weighted by Gasteiger charge is -2.29. The van der Waals surface area contributed by atoms with Crippen LogP contribution in [0.2, 0.25) is 0 Å². The molecule has 1 aromatic carbocycles. The normalized spacial score (nSPS) is 19.5. The number of hydrogen-bond acceptors (Lipinski definition) is 2. The molecule has 1 N–H and O–H groups in total. The van der Waals surface area contributed by atoms with Crippen molar-refractivity contribution in [2.45, 2.75) is 40.7 Å². The summed E-state index contributed by atoms with van der Waals surface area (Å²) in [5.74, 6) is 0. The molecule has 1 aliphatic rings. The minimum absolute atomic E-state index is 0. The highest BCUT2D eigenvalue weighted by Gasteiger charge is 2.22. The van der Waals surface area contributed by atoms with Crippen LogP contribution in [0.3, 0.4) is 0 Å². The highest BCUT2D eigenvalue weighted by molar-refractivity contribution is 5.85. The Bertz CT molecular complexity index is 408. The number of hydrogen-bond donors (Lipinski definition) is 1. The fourth-order valence-corrected chi connectivity index (χ4v) is 2.80. The Hall–Kier alpha value is -0.570. The third-order valence-electron chi connectivity index (χ3n) is 4.33. The SMILES string of the molecule is Cc1c(C)c(C)c([C@H]2COCCN2)c(C)c1C.Cl. The van der Waals surface area contributed by atoms with E-state index in [0.717, 1.165) is 19.8 Å². The van der Waals surface area contributed by atoms with E-state index in [4.69, 9.17) is 4.74 Å². The summed E-state index contributed by atoms with van der Waals surface area (Å²) < 4.78 is 5.59. The van der Waals surface area contributed by atoms with Gasteiger partial charge in [0.2, 0.25) is 0 Å². The predicted molar refractivity (Wildman–Crippen MR) is 78.9 cm³/mol. The van der Waals surface area contributed by atoms with Crippen molar-refractivity contribution in [1.29, 1.82) is 0 Å². The molecule has 0 bridgehead atoms. The maximum absolute atomic E-state index is 5.59. The summed E-state index contributed by atoms with van der Waals surface area (Å²) in [5.41, 5.74) is 8.58. The summed E-state index contributed by atoms with van der Waals surface area (Å²) in [5, 5.41) is 3.57. The second-order valence-electron chi connectivity index (χ2n) is 5.12. The highest BCUT2D eigenvalue weighted by atomic mass is 35.5. The Morgan fingerprint density at radius 1 is 0.889 bits per heavy atom. The van der Waals surface area contributed by atoms with Crippen LogP contribution in [0.25, 0.3) is 0 Å². The van der Waals surface area contributed by atoms with E-state index < -0.39 is 0 Å². The Morgan fingerprint density at radius 2 is 1.39 bits per heavy atom. The first-order valence-electron chi connectivity index (χ1n) is 6.42. The van der Waals surface area contributed by atoms with Gasteiger partial charge < -0.3 is 10.1 Å². The maximum Gasteiger partial charge on any atom is 0.0662 e. The van der Waals surface area contributed by atoms with Crippen molar-refractivity contribution in [3.8, 4) is 0 Å². The van der Waals surface area contributed by atoms with Crippen LogP contribution < -0.4 is 5.32 Å². The monoisotopic (exact) mass is 269 g/mol. The smallest absolute Gasteiger partial charge is 0.0662 e. The quantitative estimate of drug-likeness (QED) is 0.845. The largest absolute Gasteiger partial charge is 0.378 e. The Morgan fingerprint density at radius 3 is 1.83 bits per heavy atom. The van der Waals surface area contributed by atoms with Gasteiger partial charge in [0.15, 0.2) is 0 Å². The van der Waals surface area contributed by atoms with Crippen LogP contribution in [0.1, 0.15) is 39.4 Å². The zero-order valence-electron chi connectivity index (χ0n) is 12.0. The first-order chi connectivity index (χ1) is 8.04. The van der Waals surface area contributed by atoms with Crippen molar-refractivity contribution in [2.24, 2.45) is 0 Å². The molecule has 0 amide bonds. The van der Waals surface area contributed by atoms with Crippen molar-refractivity contribution in [2.75, 3.05) is 19.8 Å². The lowest BCUT2D eigenvalue weighted by atomic mass is 9.86. The van der Waals surface area contributed by atoms with Crippen LogP contribution in [0.15, 0.2) is 0 Å². The lowest BCUT2D eigenvalue weighted by molar-refractivity contribution is 0.0764. The average Bonchev–Trinajstić information content (AvgIpc) is 2.36. The molecule has 0 aromatic heterocycles. The number of nitrogens with one attached hydrogen (secondary N) is 1. The number of halogens is 1. The molecule has 1 aromatic rings. The lowest BCUT2D eigenvalue weighted by Crippen LogP contribution is -2.35. The van der Waals surface area contributed by atoms with Gasteiger partial charge in [-0.25, -0.2) is 0 Å². The second kappa shape index (κ2) is 6.05. The van der Waals surface area contributed by atoms with Gasteiger partial charge in [-0.05, 0) is 68.0 Å². The molecule has 2 rings (SSSR count). The summed E-state index contributed by atoms with van der Waals surface area (Å²) >= 11 is 0. The van der Waals surface area contributed by atoms with Crippen LogP contribution in [0.4, 0.5) is 0 Å². The number of ether oxygens (including phenoxy) is 1. The Labute approximate surface area is 117 Å². The van der Waals surface area contributed by atoms with Gasteiger partial charge in [0, 0.05) is 6.54 Å². The molecular formula is C15H24ClNO. The summed E-state index contributed by atoms with van der Waals surface area (Å²) in [6.45, 7) is 13.7. The van der Waals surface area contributed by atoms with Gasteiger partial charge in [0.05, 0.1) is 19.3 Å². The summed E-state index contributed by atoms with van der Waals surface area (Å²) in [4.78, 5) is 0. The van der Waals surface area contributed by atoms with Gasteiger partial charge in [0.25, 0.3) is 0 Å². The third kappa shape index (κ3) is 2.56. The molecule has 0 aliphatic carbocycles. The molecule has 1 saturated heterocycles. The van der Waals surface area contributed by atoms with E-state index in [1.807, 2.05) is 0 Å².